The molecule has 0 bridgehead atoms. The van der Waals surface area contributed by atoms with E-state index in [0.29, 0.717) is 5.52 Å². The molecule has 1 aromatic carbocycles. The van der Waals surface area contributed by atoms with Crippen LogP contribution >= 0.6 is 0 Å². The van der Waals surface area contributed by atoms with E-state index in [2.05, 4.69) is 15.3 Å². The van der Waals surface area contributed by atoms with Crippen LogP contribution in [0.2, 0.25) is 0 Å². The van der Waals surface area contributed by atoms with Gasteiger partial charge in [-0.3, -0.25) is 0 Å². The van der Waals surface area contributed by atoms with Crippen molar-refractivity contribution in [3.8, 4) is 0 Å². The van der Waals surface area contributed by atoms with Crippen LogP contribution in [-0.4, -0.2) is 17.0 Å². The van der Waals surface area contributed by atoms with E-state index in [9.17, 15) is 4.79 Å². The normalized spacial score (nSPS) is 10.5. The van der Waals surface area contributed by atoms with Crippen molar-refractivity contribution in [1.29, 1.82) is 0 Å². The van der Waals surface area contributed by atoms with Gasteiger partial charge < -0.3 is 16.0 Å². The number of H-pyrrole nitrogens is 1. The Morgan fingerprint density at radius 1 is 1.47 bits per heavy atom. The lowest BCUT2D eigenvalue weighted by atomic mass is 10.1. The fraction of sp³-hybridized carbons (Fsp3) is 0.200. The molecule has 0 aliphatic carbocycles. The lowest BCUT2D eigenvalue weighted by Gasteiger charge is -2.08. The summed E-state index contributed by atoms with van der Waals surface area (Å²) in [6.07, 6.45) is 0. The smallest absolute Gasteiger partial charge is 0.347 e. The topological polar surface area (TPSA) is 83.8 Å². The predicted octanol–water partition coefficient (Wildman–Crippen LogP) is 0.855. The summed E-state index contributed by atoms with van der Waals surface area (Å²) >= 11 is 0. The maximum atomic E-state index is 11.2. The third kappa shape index (κ3) is 1.52. The van der Waals surface area contributed by atoms with Gasteiger partial charge in [-0.1, -0.05) is 0 Å². The first-order valence-corrected chi connectivity index (χ1v) is 4.59. The number of benzene rings is 1. The van der Waals surface area contributed by atoms with Gasteiger partial charge in [-0.2, -0.15) is 4.98 Å². The minimum atomic E-state index is -0.430. The Balaban J connectivity index is 2.96. The van der Waals surface area contributed by atoms with E-state index in [4.69, 9.17) is 5.73 Å². The summed E-state index contributed by atoms with van der Waals surface area (Å²) in [5, 5.41) is 3.77. The molecule has 0 aliphatic heterocycles. The number of hydrogen-bond acceptors (Lipinski definition) is 4. The lowest BCUT2D eigenvalue weighted by Crippen LogP contribution is -2.13. The maximum Gasteiger partial charge on any atom is 0.347 e. The molecule has 0 fully saturated rings. The second-order valence-corrected chi connectivity index (χ2v) is 3.41. The summed E-state index contributed by atoms with van der Waals surface area (Å²) in [6.45, 7) is 1.96. The number of nitrogens with zero attached hydrogens (tertiary/aromatic N) is 1. The number of aromatic amines is 1. The largest absolute Gasteiger partial charge is 0.386 e. The molecule has 1 aromatic heterocycles. The van der Waals surface area contributed by atoms with E-state index in [-0.39, 0.29) is 5.82 Å². The number of nitrogen functional groups attached to an aromatic ring is 1. The third-order valence-electron chi connectivity index (χ3n) is 2.28. The van der Waals surface area contributed by atoms with E-state index in [0.717, 1.165) is 16.6 Å². The molecule has 0 aliphatic rings. The van der Waals surface area contributed by atoms with Gasteiger partial charge in [0.2, 0.25) is 0 Å². The molecule has 0 saturated heterocycles. The molecular weight excluding hydrogens is 192 g/mol. The Morgan fingerprint density at radius 2 is 2.20 bits per heavy atom. The molecule has 5 heteroatoms. The second-order valence-electron chi connectivity index (χ2n) is 3.41. The van der Waals surface area contributed by atoms with Gasteiger partial charge in [0.1, 0.15) is 5.82 Å². The molecule has 15 heavy (non-hydrogen) atoms. The van der Waals surface area contributed by atoms with Crippen LogP contribution in [0.25, 0.3) is 10.9 Å². The fourth-order valence-corrected chi connectivity index (χ4v) is 1.62. The molecule has 0 unspecified atom stereocenters. The first-order valence-electron chi connectivity index (χ1n) is 4.59. The second kappa shape index (κ2) is 3.27. The van der Waals surface area contributed by atoms with Crippen molar-refractivity contribution >= 4 is 22.4 Å². The Morgan fingerprint density at radius 3 is 2.87 bits per heavy atom. The number of aromatic nitrogens is 2. The molecule has 4 N–H and O–H groups in total. The third-order valence-corrected chi connectivity index (χ3v) is 2.28. The van der Waals surface area contributed by atoms with Crippen LogP contribution < -0.4 is 16.7 Å². The highest BCUT2D eigenvalue weighted by Gasteiger charge is 2.06. The number of nitrogens with one attached hydrogen (secondary N) is 2. The van der Waals surface area contributed by atoms with Crippen molar-refractivity contribution in [3.63, 3.8) is 0 Å². The van der Waals surface area contributed by atoms with Gasteiger partial charge in [0.05, 0.1) is 11.2 Å². The minimum absolute atomic E-state index is 0.258. The maximum absolute atomic E-state index is 11.2. The van der Waals surface area contributed by atoms with E-state index in [1.54, 1.807) is 7.05 Å². The van der Waals surface area contributed by atoms with Crippen molar-refractivity contribution in [2.24, 2.45) is 0 Å². The van der Waals surface area contributed by atoms with Gasteiger partial charge in [-0.25, -0.2) is 4.79 Å². The molecule has 0 amide bonds. The Hall–Kier alpha value is -2.04. The average Bonchev–Trinajstić information content (AvgIpc) is 2.18. The van der Waals surface area contributed by atoms with Crippen LogP contribution in [0.1, 0.15) is 5.56 Å². The number of aryl methyl sites for hydroxylation is 1. The fourth-order valence-electron chi connectivity index (χ4n) is 1.62. The standard InChI is InChI=1S/C10H12N4O/c1-5-3-6-8(7(4-5)12-2)13-10(15)14-9(6)11/h3-4,12H,1-2H3,(H3,11,13,14,15). The van der Waals surface area contributed by atoms with Crippen molar-refractivity contribution in [2.75, 3.05) is 18.1 Å². The number of nitrogens with two attached hydrogens (primary N) is 1. The highest BCUT2D eigenvalue weighted by atomic mass is 16.1. The summed E-state index contributed by atoms with van der Waals surface area (Å²) in [5.74, 6) is 0.258. The van der Waals surface area contributed by atoms with Gasteiger partial charge in [0.25, 0.3) is 0 Å². The summed E-state index contributed by atoms with van der Waals surface area (Å²) in [6, 6.07) is 3.84. The highest BCUT2D eigenvalue weighted by molar-refractivity contribution is 5.96. The zero-order chi connectivity index (χ0) is 11.0. The summed E-state index contributed by atoms with van der Waals surface area (Å²) < 4.78 is 0. The van der Waals surface area contributed by atoms with Crippen LogP contribution in [-0.2, 0) is 0 Å². The van der Waals surface area contributed by atoms with Gasteiger partial charge >= 0.3 is 5.69 Å². The Kier molecular flexibility index (Phi) is 2.07. The van der Waals surface area contributed by atoms with Crippen LogP contribution in [0.5, 0.6) is 0 Å². The Bertz CT molecular complexity index is 573. The summed E-state index contributed by atoms with van der Waals surface area (Å²) in [7, 11) is 1.79. The van der Waals surface area contributed by atoms with Crippen LogP contribution in [0, 0.1) is 6.92 Å². The number of anilines is 2. The van der Waals surface area contributed by atoms with E-state index in [1.165, 1.54) is 0 Å². The first kappa shape index (κ1) is 9.51. The molecule has 78 valence electrons. The molecular formula is C10H12N4O. The van der Waals surface area contributed by atoms with Crippen LogP contribution in [0.4, 0.5) is 11.5 Å². The molecule has 0 spiro atoms. The molecule has 0 radical (unpaired) electrons. The summed E-state index contributed by atoms with van der Waals surface area (Å²) in [5.41, 5.74) is 7.86. The summed E-state index contributed by atoms with van der Waals surface area (Å²) in [4.78, 5) is 17.5. The van der Waals surface area contributed by atoms with Gasteiger partial charge in [0, 0.05) is 12.4 Å². The molecule has 0 saturated carbocycles. The van der Waals surface area contributed by atoms with E-state index in [1.807, 2.05) is 19.1 Å². The zero-order valence-corrected chi connectivity index (χ0v) is 8.59. The van der Waals surface area contributed by atoms with Crippen LogP contribution in [0.15, 0.2) is 16.9 Å². The zero-order valence-electron chi connectivity index (χ0n) is 8.59. The van der Waals surface area contributed by atoms with E-state index >= 15 is 0 Å². The number of fused-ring (bicyclic) bond motifs is 1. The molecule has 2 rings (SSSR count). The van der Waals surface area contributed by atoms with Crippen molar-refractivity contribution in [2.45, 2.75) is 6.92 Å². The van der Waals surface area contributed by atoms with E-state index < -0.39 is 5.69 Å². The molecule has 5 nitrogen and oxygen atoms in total. The monoisotopic (exact) mass is 204 g/mol. The van der Waals surface area contributed by atoms with Crippen molar-refractivity contribution < 1.29 is 0 Å². The minimum Gasteiger partial charge on any atom is -0.386 e. The van der Waals surface area contributed by atoms with Crippen molar-refractivity contribution in [3.05, 3.63) is 28.2 Å². The molecule has 1 heterocycles. The number of hydrogen-bond donors (Lipinski definition) is 3. The Labute approximate surface area is 86.3 Å². The predicted molar refractivity (Wildman–Crippen MR) is 61.1 cm³/mol. The number of rotatable bonds is 1. The van der Waals surface area contributed by atoms with Crippen LogP contribution in [0.3, 0.4) is 0 Å². The molecule has 0 atom stereocenters. The average molecular weight is 204 g/mol. The van der Waals surface area contributed by atoms with Gasteiger partial charge in [-0.15, -0.1) is 0 Å². The quantitative estimate of drug-likeness (QED) is 0.643. The highest BCUT2D eigenvalue weighted by Crippen LogP contribution is 2.24. The van der Waals surface area contributed by atoms with Crippen molar-refractivity contribution in [1.82, 2.24) is 9.97 Å². The first-order chi connectivity index (χ1) is 7.11. The SMILES string of the molecule is CNc1cc(C)cc2c(N)nc(=O)[nH]c12. The van der Waals surface area contributed by atoms with Gasteiger partial charge in [0.15, 0.2) is 0 Å². The van der Waals surface area contributed by atoms with Gasteiger partial charge in [-0.05, 0) is 24.6 Å². The lowest BCUT2D eigenvalue weighted by molar-refractivity contribution is 1.13. The molecule has 2 aromatic rings.